The van der Waals surface area contributed by atoms with E-state index in [2.05, 4.69) is 17.0 Å². The fraction of sp³-hybridized carbons (Fsp3) is 0.318. The summed E-state index contributed by atoms with van der Waals surface area (Å²) >= 11 is 0. The minimum absolute atomic E-state index is 0.00974. The average molecular weight is 376 g/mol. The summed E-state index contributed by atoms with van der Waals surface area (Å²) in [5, 5.41) is 5.03. The molecule has 5 nitrogen and oxygen atoms in total. The van der Waals surface area contributed by atoms with Gasteiger partial charge in [-0.15, -0.1) is 0 Å². The highest BCUT2D eigenvalue weighted by Gasteiger charge is 2.24. The first-order valence-electron chi connectivity index (χ1n) is 9.77. The van der Waals surface area contributed by atoms with Gasteiger partial charge in [-0.1, -0.05) is 31.9 Å². The molecule has 1 aliphatic rings. The molecule has 1 aliphatic carbocycles. The largest absolute Gasteiger partial charge is 0.312 e. The van der Waals surface area contributed by atoms with E-state index in [1.165, 1.54) is 18.6 Å². The highest BCUT2D eigenvalue weighted by atomic mass is 19.1. The Labute approximate surface area is 161 Å². The van der Waals surface area contributed by atoms with E-state index in [0.717, 1.165) is 35.9 Å². The van der Waals surface area contributed by atoms with Gasteiger partial charge < -0.3 is 4.57 Å². The second kappa shape index (κ2) is 6.55. The van der Waals surface area contributed by atoms with Crippen LogP contribution < -0.4 is 5.56 Å². The first-order valence-corrected chi connectivity index (χ1v) is 9.77. The molecule has 3 heterocycles. The van der Waals surface area contributed by atoms with Crippen LogP contribution in [0.15, 0.2) is 53.7 Å². The number of benzene rings is 1. The number of aromatic nitrogens is 4. The molecule has 1 saturated carbocycles. The van der Waals surface area contributed by atoms with Gasteiger partial charge in [0.15, 0.2) is 5.65 Å². The van der Waals surface area contributed by atoms with E-state index in [9.17, 15) is 9.18 Å². The number of nitrogens with zero attached hydrogens (tertiary/aromatic N) is 4. The van der Waals surface area contributed by atoms with Gasteiger partial charge in [-0.2, -0.15) is 5.10 Å². The fourth-order valence-electron chi connectivity index (χ4n) is 4.44. The molecule has 0 N–H and O–H groups in total. The number of hydrogen-bond donors (Lipinski definition) is 0. The van der Waals surface area contributed by atoms with Crippen LogP contribution in [-0.4, -0.2) is 19.2 Å². The van der Waals surface area contributed by atoms with Crippen molar-refractivity contribution in [2.45, 2.75) is 38.6 Å². The van der Waals surface area contributed by atoms with Crippen molar-refractivity contribution in [1.82, 2.24) is 19.2 Å². The molecule has 1 aromatic carbocycles. The van der Waals surface area contributed by atoms with Crippen molar-refractivity contribution < 1.29 is 4.39 Å². The Bertz CT molecular complexity index is 1230. The highest BCUT2D eigenvalue weighted by Crippen LogP contribution is 2.33. The Morgan fingerprint density at radius 1 is 1.07 bits per heavy atom. The summed E-state index contributed by atoms with van der Waals surface area (Å²) < 4.78 is 16.8. The van der Waals surface area contributed by atoms with Crippen LogP contribution in [-0.2, 0) is 0 Å². The fourth-order valence-corrected chi connectivity index (χ4v) is 4.44. The molecule has 0 aliphatic heterocycles. The van der Waals surface area contributed by atoms with E-state index in [-0.39, 0.29) is 17.4 Å². The molecule has 1 fully saturated rings. The number of fused-ring (bicyclic) bond motifs is 3. The molecule has 0 saturated heterocycles. The number of hydrogen-bond acceptors (Lipinski definition) is 3. The predicted octanol–water partition coefficient (Wildman–Crippen LogP) is 4.60. The molecule has 6 heteroatoms. The Morgan fingerprint density at radius 2 is 1.86 bits per heavy atom. The third-order valence-corrected chi connectivity index (χ3v) is 6.00. The number of halogens is 1. The molecule has 0 bridgehead atoms. The Kier molecular flexibility index (Phi) is 4.00. The lowest BCUT2D eigenvalue weighted by atomic mass is 9.85. The predicted molar refractivity (Wildman–Crippen MR) is 107 cm³/mol. The van der Waals surface area contributed by atoms with Gasteiger partial charge in [0.05, 0.1) is 17.1 Å². The molecule has 3 aromatic heterocycles. The second-order valence-electron chi connectivity index (χ2n) is 7.71. The summed E-state index contributed by atoms with van der Waals surface area (Å²) in [6.07, 6.45) is 9.86. The molecule has 4 aromatic rings. The maximum Gasteiger partial charge on any atom is 0.261 e. The lowest BCUT2D eigenvalue weighted by Crippen LogP contribution is -2.30. The van der Waals surface area contributed by atoms with Crippen LogP contribution in [0.3, 0.4) is 0 Å². The van der Waals surface area contributed by atoms with Gasteiger partial charge in [-0.25, -0.2) is 13.9 Å². The summed E-state index contributed by atoms with van der Waals surface area (Å²) in [6, 6.07) is 8.46. The minimum atomic E-state index is -0.281. The van der Waals surface area contributed by atoms with Gasteiger partial charge in [0, 0.05) is 24.0 Å². The van der Waals surface area contributed by atoms with E-state index >= 15 is 0 Å². The molecule has 0 spiro atoms. The smallest absolute Gasteiger partial charge is 0.261 e. The molecular formula is C22H21FN4O. The quantitative estimate of drug-likeness (QED) is 0.514. The molecule has 142 valence electrons. The molecule has 2 atom stereocenters. The summed E-state index contributed by atoms with van der Waals surface area (Å²) in [6.45, 7) is 2.23. The van der Waals surface area contributed by atoms with Crippen LogP contribution in [0.1, 0.15) is 38.6 Å². The summed E-state index contributed by atoms with van der Waals surface area (Å²) in [5.74, 6) is 0.214. The van der Waals surface area contributed by atoms with Crippen molar-refractivity contribution in [3.63, 3.8) is 0 Å². The van der Waals surface area contributed by atoms with Crippen molar-refractivity contribution in [2.24, 2.45) is 5.92 Å². The van der Waals surface area contributed by atoms with Crippen molar-refractivity contribution in [2.75, 3.05) is 0 Å². The lowest BCUT2D eigenvalue weighted by molar-refractivity contribution is 0.253. The van der Waals surface area contributed by atoms with Crippen LogP contribution >= 0.6 is 0 Å². The first kappa shape index (κ1) is 17.1. The van der Waals surface area contributed by atoms with Gasteiger partial charge in [-0.05, 0) is 42.5 Å². The highest BCUT2D eigenvalue weighted by molar-refractivity contribution is 5.85. The van der Waals surface area contributed by atoms with E-state index in [1.54, 1.807) is 29.0 Å². The standard InChI is InChI=1S/C22H21FN4O/c1-14-4-2-3-5-19(14)26-11-10-20-18(22(26)28)12-24-21-17(13-25-27(20)21)15-6-8-16(23)9-7-15/h6-14,19H,2-5H2,1H3/t14-,19+/m1/s1. The van der Waals surface area contributed by atoms with Gasteiger partial charge in [0.25, 0.3) is 5.56 Å². The van der Waals surface area contributed by atoms with Crippen molar-refractivity contribution in [3.05, 3.63) is 65.1 Å². The lowest BCUT2D eigenvalue weighted by Gasteiger charge is -2.30. The topological polar surface area (TPSA) is 52.2 Å². The monoisotopic (exact) mass is 376 g/mol. The zero-order valence-corrected chi connectivity index (χ0v) is 15.7. The van der Waals surface area contributed by atoms with Crippen LogP contribution in [0.25, 0.3) is 27.7 Å². The summed E-state index contributed by atoms with van der Waals surface area (Å²) in [5.41, 5.74) is 3.04. The van der Waals surface area contributed by atoms with Crippen molar-refractivity contribution >= 4 is 16.6 Å². The summed E-state index contributed by atoms with van der Waals surface area (Å²) in [4.78, 5) is 17.7. The number of rotatable bonds is 2. The third kappa shape index (κ3) is 2.63. The maximum atomic E-state index is 13.2. The van der Waals surface area contributed by atoms with Crippen LogP contribution in [0.5, 0.6) is 0 Å². The molecule has 5 rings (SSSR count). The van der Waals surface area contributed by atoms with Crippen molar-refractivity contribution in [1.29, 1.82) is 0 Å². The number of pyridine rings is 1. The molecular weight excluding hydrogens is 355 g/mol. The van der Waals surface area contributed by atoms with Gasteiger partial charge in [-0.3, -0.25) is 4.79 Å². The van der Waals surface area contributed by atoms with E-state index in [1.807, 2.05) is 16.8 Å². The zero-order valence-electron chi connectivity index (χ0n) is 15.7. The Balaban J connectivity index is 1.66. The average Bonchev–Trinajstić information content (AvgIpc) is 3.14. The normalized spacial score (nSPS) is 20.1. The van der Waals surface area contributed by atoms with E-state index in [0.29, 0.717) is 17.0 Å². The van der Waals surface area contributed by atoms with Gasteiger partial charge in [0.1, 0.15) is 5.82 Å². The molecule has 0 radical (unpaired) electrons. The van der Waals surface area contributed by atoms with Crippen molar-refractivity contribution in [3.8, 4) is 11.1 Å². The molecule has 0 unspecified atom stereocenters. The SMILES string of the molecule is C[C@@H]1CCCC[C@@H]1n1ccc2c(cnc3c(-c4ccc(F)cc4)cnn32)c1=O. The first-order chi connectivity index (χ1) is 13.6. The maximum absolute atomic E-state index is 13.2. The van der Waals surface area contributed by atoms with E-state index in [4.69, 9.17) is 0 Å². The van der Waals surface area contributed by atoms with E-state index < -0.39 is 0 Å². The third-order valence-electron chi connectivity index (χ3n) is 6.00. The second-order valence-corrected chi connectivity index (χ2v) is 7.71. The minimum Gasteiger partial charge on any atom is -0.312 e. The molecule has 0 amide bonds. The van der Waals surface area contributed by atoms with Crippen LogP contribution in [0, 0.1) is 11.7 Å². The van der Waals surface area contributed by atoms with Crippen LogP contribution in [0.4, 0.5) is 4.39 Å². The zero-order chi connectivity index (χ0) is 19.3. The van der Waals surface area contributed by atoms with Crippen LogP contribution in [0.2, 0.25) is 0 Å². The van der Waals surface area contributed by atoms with Gasteiger partial charge in [0.2, 0.25) is 0 Å². The summed E-state index contributed by atoms with van der Waals surface area (Å²) in [7, 11) is 0. The van der Waals surface area contributed by atoms with Gasteiger partial charge >= 0.3 is 0 Å². The molecule has 28 heavy (non-hydrogen) atoms. The Hall–Kier alpha value is -3.02. The Morgan fingerprint density at radius 3 is 2.64 bits per heavy atom.